The van der Waals surface area contributed by atoms with E-state index in [1.165, 1.54) is 5.56 Å². The number of aryl methyl sites for hydroxylation is 2. The highest BCUT2D eigenvalue weighted by Crippen LogP contribution is 2.16. The topological polar surface area (TPSA) is 41.1 Å². The number of amides is 1. The molecule has 108 valence electrons. The molecule has 1 amide bonds. The van der Waals surface area contributed by atoms with Crippen LogP contribution in [0.4, 0.5) is 5.69 Å². The smallest absolute Gasteiger partial charge is 0.257 e. The van der Waals surface area contributed by atoms with E-state index in [-0.39, 0.29) is 11.0 Å². The predicted octanol–water partition coefficient (Wildman–Crippen LogP) is 4.19. The number of hydrogen-bond acceptors (Lipinski definition) is 2. The van der Waals surface area contributed by atoms with Crippen molar-refractivity contribution in [2.24, 2.45) is 0 Å². The van der Waals surface area contributed by atoms with Crippen LogP contribution in [-0.2, 0) is 0 Å². The molecule has 0 atom stereocenters. The van der Waals surface area contributed by atoms with Crippen LogP contribution in [-0.4, -0.2) is 11.0 Å². The normalized spacial score (nSPS) is 10.0. The third kappa shape index (κ3) is 4.37. The fourth-order valence-electron chi connectivity index (χ4n) is 1.88. The lowest BCUT2D eigenvalue weighted by Gasteiger charge is -2.12. The summed E-state index contributed by atoms with van der Waals surface area (Å²) in [5.41, 5.74) is 3.71. The molecule has 0 saturated carbocycles. The Labute approximate surface area is 137 Å². The van der Waals surface area contributed by atoms with Crippen molar-refractivity contribution in [2.75, 3.05) is 5.32 Å². The molecular weight excluding hydrogens is 348 g/mol. The monoisotopic (exact) mass is 362 g/mol. The first kappa shape index (κ1) is 15.7. The average Bonchev–Trinajstić information content (AvgIpc) is 2.42. The number of benzene rings is 2. The number of hydrogen-bond donors (Lipinski definition) is 2. The minimum Gasteiger partial charge on any atom is -0.332 e. The molecule has 0 saturated heterocycles. The lowest BCUT2D eigenvalue weighted by Crippen LogP contribution is -2.34. The van der Waals surface area contributed by atoms with Crippen molar-refractivity contribution in [1.29, 1.82) is 0 Å². The number of halogens is 1. The molecule has 0 fully saturated rings. The van der Waals surface area contributed by atoms with Gasteiger partial charge < -0.3 is 5.32 Å². The van der Waals surface area contributed by atoms with Crippen LogP contribution in [0.15, 0.2) is 46.9 Å². The minimum absolute atomic E-state index is 0.232. The summed E-state index contributed by atoms with van der Waals surface area (Å²) in [4.78, 5) is 12.0. The number of rotatable bonds is 2. The van der Waals surface area contributed by atoms with E-state index in [1.54, 1.807) is 12.1 Å². The zero-order valence-electron chi connectivity index (χ0n) is 11.7. The lowest BCUT2D eigenvalue weighted by molar-refractivity contribution is 0.0977. The van der Waals surface area contributed by atoms with E-state index < -0.39 is 0 Å². The summed E-state index contributed by atoms with van der Waals surface area (Å²) in [7, 11) is 0. The molecule has 0 unspecified atom stereocenters. The van der Waals surface area contributed by atoms with E-state index >= 15 is 0 Å². The molecule has 0 aliphatic carbocycles. The molecule has 0 radical (unpaired) electrons. The van der Waals surface area contributed by atoms with Crippen LogP contribution in [0.5, 0.6) is 0 Å². The first-order chi connectivity index (χ1) is 9.95. The summed E-state index contributed by atoms with van der Waals surface area (Å²) < 4.78 is 0.926. The van der Waals surface area contributed by atoms with Gasteiger partial charge in [-0.05, 0) is 62.0 Å². The number of carbonyl (C=O) groups is 1. The minimum atomic E-state index is -0.232. The van der Waals surface area contributed by atoms with Gasteiger partial charge in [0, 0.05) is 15.7 Å². The number of anilines is 1. The van der Waals surface area contributed by atoms with Crippen LogP contribution in [0.25, 0.3) is 0 Å². The molecule has 0 heterocycles. The second-order valence-electron chi connectivity index (χ2n) is 4.73. The molecule has 2 aromatic carbocycles. The molecule has 3 nitrogen and oxygen atoms in total. The second kappa shape index (κ2) is 6.83. The Balaban J connectivity index is 2.01. The Morgan fingerprint density at radius 2 is 1.76 bits per heavy atom. The summed E-state index contributed by atoms with van der Waals surface area (Å²) in [6, 6.07) is 13.1. The van der Waals surface area contributed by atoms with Crippen molar-refractivity contribution < 1.29 is 4.79 Å². The fraction of sp³-hybridized carbons (Fsp3) is 0.125. The van der Waals surface area contributed by atoms with Crippen molar-refractivity contribution in [3.05, 3.63) is 63.6 Å². The zero-order valence-corrected chi connectivity index (χ0v) is 14.1. The highest BCUT2D eigenvalue weighted by Gasteiger charge is 2.08. The van der Waals surface area contributed by atoms with E-state index in [1.807, 2.05) is 38.1 Å². The Hall–Kier alpha value is -1.72. The van der Waals surface area contributed by atoms with Crippen LogP contribution in [0.2, 0.25) is 0 Å². The molecule has 0 bridgehead atoms. The first-order valence-corrected chi connectivity index (χ1v) is 7.61. The summed E-state index contributed by atoms with van der Waals surface area (Å²) in [5, 5.41) is 6.00. The quantitative estimate of drug-likeness (QED) is 0.786. The van der Waals surface area contributed by atoms with E-state index in [0.29, 0.717) is 5.56 Å². The van der Waals surface area contributed by atoms with Gasteiger partial charge in [0.25, 0.3) is 5.91 Å². The zero-order chi connectivity index (χ0) is 15.4. The summed E-state index contributed by atoms with van der Waals surface area (Å²) in [5.74, 6) is -0.232. The van der Waals surface area contributed by atoms with Crippen molar-refractivity contribution in [2.45, 2.75) is 13.8 Å². The highest BCUT2D eigenvalue weighted by atomic mass is 79.9. The number of thiocarbonyl (C=S) groups is 1. The average molecular weight is 363 g/mol. The summed E-state index contributed by atoms with van der Waals surface area (Å²) in [6.45, 7) is 4.03. The van der Waals surface area contributed by atoms with E-state index in [0.717, 1.165) is 15.7 Å². The maximum absolute atomic E-state index is 12.0. The molecule has 21 heavy (non-hydrogen) atoms. The van der Waals surface area contributed by atoms with Crippen molar-refractivity contribution in [3.8, 4) is 0 Å². The van der Waals surface area contributed by atoms with E-state index in [9.17, 15) is 4.79 Å². The molecule has 2 rings (SSSR count). The van der Waals surface area contributed by atoms with Gasteiger partial charge in [-0.2, -0.15) is 0 Å². The van der Waals surface area contributed by atoms with Gasteiger partial charge in [0.2, 0.25) is 0 Å². The molecule has 2 N–H and O–H groups in total. The van der Waals surface area contributed by atoms with Crippen molar-refractivity contribution in [3.63, 3.8) is 0 Å². The van der Waals surface area contributed by atoms with E-state index in [4.69, 9.17) is 12.2 Å². The van der Waals surface area contributed by atoms with Crippen LogP contribution < -0.4 is 10.6 Å². The molecule has 0 aromatic heterocycles. The van der Waals surface area contributed by atoms with Gasteiger partial charge in [-0.1, -0.05) is 33.6 Å². The summed E-state index contributed by atoms with van der Waals surface area (Å²) >= 11 is 8.51. The largest absolute Gasteiger partial charge is 0.332 e. The SMILES string of the molecule is Cc1ccc(NC(=S)NC(=O)c2ccc(Br)cc2)c(C)c1. The summed E-state index contributed by atoms with van der Waals surface area (Å²) in [6.07, 6.45) is 0. The molecule has 2 aromatic rings. The third-order valence-corrected chi connectivity index (χ3v) is 3.70. The van der Waals surface area contributed by atoms with Gasteiger partial charge in [0.05, 0.1) is 0 Å². The van der Waals surface area contributed by atoms with Crippen LogP contribution >= 0.6 is 28.1 Å². The van der Waals surface area contributed by atoms with Crippen molar-refractivity contribution >= 4 is 44.9 Å². The molecular formula is C16H15BrN2OS. The highest BCUT2D eigenvalue weighted by molar-refractivity contribution is 9.10. The van der Waals surface area contributed by atoms with Crippen molar-refractivity contribution in [1.82, 2.24) is 5.32 Å². The molecule has 5 heteroatoms. The first-order valence-electron chi connectivity index (χ1n) is 6.41. The van der Waals surface area contributed by atoms with Gasteiger partial charge in [-0.15, -0.1) is 0 Å². The second-order valence-corrected chi connectivity index (χ2v) is 6.06. The fourth-order valence-corrected chi connectivity index (χ4v) is 2.35. The number of nitrogens with one attached hydrogen (secondary N) is 2. The Morgan fingerprint density at radius 1 is 1.10 bits per heavy atom. The van der Waals surface area contributed by atoms with Gasteiger partial charge >= 0.3 is 0 Å². The van der Waals surface area contributed by atoms with Crippen LogP contribution in [0, 0.1) is 13.8 Å². The Bertz CT molecular complexity index is 683. The van der Waals surface area contributed by atoms with Gasteiger partial charge in [-0.3, -0.25) is 10.1 Å². The number of carbonyl (C=O) groups excluding carboxylic acids is 1. The third-order valence-electron chi connectivity index (χ3n) is 2.96. The molecule has 0 aliphatic rings. The predicted molar refractivity (Wildman–Crippen MR) is 93.7 cm³/mol. The van der Waals surface area contributed by atoms with Crippen LogP contribution in [0.3, 0.4) is 0 Å². The van der Waals surface area contributed by atoms with Gasteiger partial charge in [0.1, 0.15) is 0 Å². The van der Waals surface area contributed by atoms with Gasteiger partial charge in [0.15, 0.2) is 5.11 Å². The van der Waals surface area contributed by atoms with Gasteiger partial charge in [-0.25, -0.2) is 0 Å². The molecule has 0 spiro atoms. The van der Waals surface area contributed by atoms with Crippen LogP contribution in [0.1, 0.15) is 21.5 Å². The maximum Gasteiger partial charge on any atom is 0.257 e. The molecule has 0 aliphatic heterocycles. The van der Waals surface area contributed by atoms with E-state index in [2.05, 4.69) is 32.6 Å². The Kier molecular flexibility index (Phi) is 5.09. The standard InChI is InChI=1S/C16H15BrN2OS/c1-10-3-8-14(11(2)9-10)18-16(21)19-15(20)12-4-6-13(17)7-5-12/h3-9H,1-2H3,(H2,18,19,20,21). The lowest BCUT2D eigenvalue weighted by atomic mass is 10.1. The Morgan fingerprint density at radius 3 is 2.38 bits per heavy atom. The maximum atomic E-state index is 12.0.